The molecule has 0 heterocycles. The van der Waals surface area contributed by atoms with Crippen molar-refractivity contribution in [2.75, 3.05) is 14.2 Å². The van der Waals surface area contributed by atoms with E-state index in [4.69, 9.17) is 9.05 Å². The van der Waals surface area contributed by atoms with Crippen molar-refractivity contribution in [2.24, 2.45) is 0 Å². The van der Waals surface area contributed by atoms with Crippen molar-refractivity contribution in [1.82, 2.24) is 4.72 Å². The van der Waals surface area contributed by atoms with Crippen molar-refractivity contribution in [1.29, 1.82) is 0 Å². The molecule has 0 fully saturated rings. The molecular formula is C17H19FNO5PS. The molecule has 0 atom stereocenters. The maximum atomic E-state index is 13.2. The fourth-order valence-corrected chi connectivity index (χ4v) is 4.35. The van der Waals surface area contributed by atoms with Gasteiger partial charge in [0.2, 0.25) is 0 Å². The summed E-state index contributed by atoms with van der Waals surface area (Å²) >= 11 is 0. The zero-order chi connectivity index (χ0) is 19.4. The minimum absolute atomic E-state index is 0.0433. The molecule has 26 heavy (non-hydrogen) atoms. The predicted octanol–water partition coefficient (Wildman–Crippen LogP) is 3.90. The Hall–Kier alpha value is -1.99. The molecule has 0 saturated heterocycles. The summed E-state index contributed by atoms with van der Waals surface area (Å²) in [5, 5.41) is -0.0433. The Labute approximate surface area is 152 Å². The Morgan fingerprint density at radius 1 is 1.04 bits per heavy atom. The van der Waals surface area contributed by atoms with Crippen LogP contribution in [0.4, 0.5) is 4.39 Å². The molecule has 0 bridgehead atoms. The molecule has 140 valence electrons. The number of hydrogen-bond acceptors (Lipinski definition) is 5. The van der Waals surface area contributed by atoms with Gasteiger partial charge in [-0.1, -0.05) is 29.8 Å². The molecule has 0 aromatic heterocycles. The normalized spacial score (nSPS) is 12.8. The lowest BCUT2D eigenvalue weighted by Crippen LogP contribution is -2.18. The van der Waals surface area contributed by atoms with Gasteiger partial charge in [-0.2, -0.15) is 0 Å². The summed E-state index contributed by atoms with van der Waals surface area (Å²) in [4.78, 5) is 0.0440. The Balaban J connectivity index is 2.46. The van der Waals surface area contributed by atoms with Gasteiger partial charge in [0.05, 0.1) is 10.2 Å². The Morgan fingerprint density at radius 3 is 2.08 bits per heavy atom. The van der Waals surface area contributed by atoms with E-state index in [1.54, 1.807) is 12.1 Å². The summed E-state index contributed by atoms with van der Waals surface area (Å²) in [6.45, 7) is 1.84. The first-order valence-electron chi connectivity index (χ1n) is 7.49. The molecule has 0 unspecified atom stereocenters. The quantitative estimate of drug-likeness (QED) is 0.715. The lowest BCUT2D eigenvalue weighted by molar-refractivity contribution is 0.288. The average molecular weight is 399 g/mol. The SMILES string of the molecule is COP(=O)(OC)/C(=C\NS(=O)(=O)c1ccc(C)cc1)c1ccc(F)cc1. The molecule has 0 aliphatic carbocycles. The minimum Gasteiger partial charge on any atom is -0.309 e. The predicted molar refractivity (Wildman–Crippen MR) is 97.5 cm³/mol. The fourth-order valence-electron chi connectivity index (χ4n) is 2.13. The van der Waals surface area contributed by atoms with E-state index in [0.29, 0.717) is 5.56 Å². The van der Waals surface area contributed by atoms with E-state index < -0.39 is 23.4 Å². The molecule has 6 nitrogen and oxygen atoms in total. The van der Waals surface area contributed by atoms with Crippen LogP contribution in [-0.2, 0) is 23.6 Å². The summed E-state index contributed by atoms with van der Waals surface area (Å²) in [6.07, 6.45) is 1.04. The van der Waals surface area contributed by atoms with Crippen molar-refractivity contribution in [3.8, 4) is 0 Å². The lowest BCUT2D eigenvalue weighted by Gasteiger charge is -2.18. The molecule has 2 aromatic carbocycles. The van der Waals surface area contributed by atoms with E-state index in [2.05, 4.69) is 4.72 Å². The summed E-state index contributed by atoms with van der Waals surface area (Å²) < 4.78 is 63.1. The van der Waals surface area contributed by atoms with Crippen molar-refractivity contribution >= 4 is 22.9 Å². The van der Waals surface area contributed by atoms with Crippen molar-refractivity contribution in [3.05, 3.63) is 71.7 Å². The molecule has 1 N–H and O–H groups in total. The highest BCUT2D eigenvalue weighted by atomic mass is 32.2. The van der Waals surface area contributed by atoms with Gasteiger partial charge in [0.25, 0.3) is 10.0 Å². The van der Waals surface area contributed by atoms with E-state index in [9.17, 15) is 17.4 Å². The van der Waals surface area contributed by atoms with Gasteiger partial charge in [0.1, 0.15) is 5.82 Å². The maximum absolute atomic E-state index is 13.2. The van der Waals surface area contributed by atoms with Crippen LogP contribution in [0.5, 0.6) is 0 Å². The van der Waals surface area contributed by atoms with E-state index in [0.717, 1.165) is 23.9 Å². The molecule has 0 aliphatic rings. The van der Waals surface area contributed by atoms with Crippen LogP contribution in [0.3, 0.4) is 0 Å². The molecule has 0 radical (unpaired) electrons. The minimum atomic E-state index is -3.90. The number of aryl methyl sites for hydroxylation is 1. The Bertz CT molecular complexity index is 932. The Kier molecular flexibility index (Phi) is 6.36. The first-order chi connectivity index (χ1) is 12.2. The number of sulfonamides is 1. The lowest BCUT2D eigenvalue weighted by atomic mass is 10.2. The van der Waals surface area contributed by atoms with Gasteiger partial charge in [-0.3, -0.25) is 9.29 Å². The van der Waals surface area contributed by atoms with Crippen molar-refractivity contribution in [2.45, 2.75) is 11.8 Å². The molecule has 2 rings (SSSR count). The highest BCUT2D eigenvalue weighted by molar-refractivity contribution is 7.89. The monoisotopic (exact) mass is 399 g/mol. The summed E-state index contributed by atoms with van der Waals surface area (Å²) in [6, 6.07) is 11.3. The highest BCUT2D eigenvalue weighted by Crippen LogP contribution is 2.59. The zero-order valence-electron chi connectivity index (χ0n) is 14.5. The van der Waals surface area contributed by atoms with Crippen LogP contribution in [0.1, 0.15) is 11.1 Å². The van der Waals surface area contributed by atoms with E-state index in [1.807, 2.05) is 6.92 Å². The number of hydrogen-bond donors (Lipinski definition) is 1. The third kappa shape index (κ3) is 4.59. The topological polar surface area (TPSA) is 81.7 Å². The Morgan fingerprint density at radius 2 is 1.58 bits per heavy atom. The number of benzene rings is 2. The van der Waals surface area contributed by atoms with Gasteiger partial charge in [-0.15, -0.1) is 0 Å². The van der Waals surface area contributed by atoms with Crippen LogP contribution >= 0.6 is 7.60 Å². The standard InChI is InChI=1S/C17H19FNO5PS/c1-13-4-10-16(11-5-13)26(21,22)19-12-17(25(20,23-2)24-3)14-6-8-15(18)9-7-14/h4-12,19H,1-3H3/b17-12-. The molecule has 2 aromatic rings. The van der Waals surface area contributed by atoms with Crippen LogP contribution in [0, 0.1) is 12.7 Å². The molecule has 0 amide bonds. The first kappa shape index (κ1) is 20.3. The smallest absolute Gasteiger partial charge is 0.309 e. The van der Waals surface area contributed by atoms with Gasteiger partial charge in [-0.25, -0.2) is 12.8 Å². The zero-order valence-corrected chi connectivity index (χ0v) is 16.2. The summed E-state index contributed by atoms with van der Waals surface area (Å²) in [5.74, 6) is -0.488. The molecule has 0 saturated carbocycles. The van der Waals surface area contributed by atoms with Gasteiger partial charge in [0.15, 0.2) is 0 Å². The van der Waals surface area contributed by atoms with Crippen LogP contribution < -0.4 is 4.72 Å². The molecular weight excluding hydrogens is 380 g/mol. The largest absolute Gasteiger partial charge is 0.362 e. The van der Waals surface area contributed by atoms with E-state index in [-0.39, 0.29) is 10.2 Å². The average Bonchev–Trinajstić information content (AvgIpc) is 2.63. The van der Waals surface area contributed by atoms with Gasteiger partial charge < -0.3 is 9.05 Å². The van der Waals surface area contributed by atoms with Gasteiger partial charge in [0, 0.05) is 20.4 Å². The van der Waals surface area contributed by atoms with Crippen LogP contribution in [0.15, 0.2) is 59.6 Å². The second-order valence-corrected chi connectivity index (χ2v) is 9.25. The molecule has 9 heteroatoms. The van der Waals surface area contributed by atoms with E-state index in [1.165, 1.54) is 38.5 Å². The van der Waals surface area contributed by atoms with Crippen LogP contribution in [0.2, 0.25) is 0 Å². The number of rotatable bonds is 7. The summed E-state index contributed by atoms with van der Waals surface area (Å²) in [5.41, 5.74) is 1.21. The van der Waals surface area contributed by atoms with Crippen molar-refractivity contribution in [3.63, 3.8) is 0 Å². The van der Waals surface area contributed by atoms with Crippen molar-refractivity contribution < 1.29 is 26.4 Å². The van der Waals surface area contributed by atoms with Crippen LogP contribution in [0.25, 0.3) is 5.31 Å². The summed E-state index contributed by atoms with van der Waals surface area (Å²) in [7, 11) is -5.35. The van der Waals surface area contributed by atoms with Gasteiger partial charge in [-0.05, 0) is 36.8 Å². The molecule has 0 spiro atoms. The first-order valence-corrected chi connectivity index (χ1v) is 10.5. The van der Waals surface area contributed by atoms with Gasteiger partial charge >= 0.3 is 7.60 Å². The third-order valence-electron chi connectivity index (χ3n) is 3.60. The van der Waals surface area contributed by atoms with E-state index >= 15 is 0 Å². The highest BCUT2D eigenvalue weighted by Gasteiger charge is 2.30. The number of nitrogens with one attached hydrogen (secondary N) is 1. The third-order valence-corrected chi connectivity index (χ3v) is 6.86. The fraction of sp³-hybridized carbons (Fsp3) is 0.176. The maximum Gasteiger partial charge on any atom is 0.362 e. The van der Waals surface area contributed by atoms with Crippen LogP contribution in [-0.4, -0.2) is 22.6 Å². The number of halogens is 1. The molecule has 0 aliphatic heterocycles. The second kappa shape index (κ2) is 8.14. The second-order valence-electron chi connectivity index (χ2n) is 5.33.